The molecular weight excluding hydrogens is 418 g/mol. The Bertz CT molecular complexity index is 1180. The lowest BCUT2D eigenvalue weighted by Crippen LogP contribution is -2.48. The number of aromatic nitrogens is 3. The molecule has 1 amide bonds. The first-order valence-corrected chi connectivity index (χ1v) is 11.6. The van der Waals surface area contributed by atoms with Crippen LogP contribution in [-0.2, 0) is 10.0 Å². The molecule has 2 aliphatic heterocycles. The largest absolute Gasteiger partial charge is 0.338 e. The van der Waals surface area contributed by atoms with Gasteiger partial charge in [0, 0.05) is 37.9 Å². The number of rotatable bonds is 5. The quantitative estimate of drug-likeness (QED) is 0.599. The van der Waals surface area contributed by atoms with Crippen LogP contribution in [0.3, 0.4) is 0 Å². The van der Waals surface area contributed by atoms with E-state index in [0.29, 0.717) is 49.2 Å². The summed E-state index contributed by atoms with van der Waals surface area (Å²) in [6, 6.07) is 11.6. The van der Waals surface area contributed by atoms with Crippen molar-refractivity contribution in [1.29, 1.82) is 0 Å². The van der Waals surface area contributed by atoms with Crippen LogP contribution >= 0.6 is 0 Å². The molecule has 31 heavy (non-hydrogen) atoms. The van der Waals surface area contributed by atoms with Gasteiger partial charge in [-0.1, -0.05) is 11.2 Å². The summed E-state index contributed by atoms with van der Waals surface area (Å²) in [5.41, 5.74) is 1.09. The molecule has 0 spiro atoms. The Balaban J connectivity index is 1.22. The van der Waals surface area contributed by atoms with E-state index in [1.165, 1.54) is 16.4 Å². The lowest BCUT2D eigenvalue weighted by Gasteiger charge is -2.37. The zero-order chi connectivity index (χ0) is 21.4. The van der Waals surface area contributed by atoms with Crippen molar-refractivity contribution in [2.24, 2.45) is 0 Å². The Morgan fingerprint density at radius 3 is 2.45 bits per heavy atom. The fourth-order valence-corrected chi connectivity index (χ4v) is 5.35. The zero-order valence-electron chi connectivity index (χ0n) is 16.7. The monoisotopic (exact) mass is 439 g/mol. The molecule has 160 valence electrons. The maximum absolute atomic E-state index is 12.7. The molecule has 2 saturated heterocycles. The van der Waals surface area contributed by atoms with E-state index in [1.807, 2.05) is 12.1 Å². The first-order valence-electron chi connectivity index (χ1n) is 10.2. The molecule has 2 fully saturated rings. The number of carbonyl (C=O) groups is 1. The lowest BCUT2D eigenvalue weighted by atomic mass is 9.99. The molecule has 9 nitrogen and oxygen atoms in total. The maximum atomic E-state index is 12.7. The molecule has 3 aromatic rings. The molecule has 2 aromatic heterocycles. The normalized spacial score (nSPS) is 17.6. The summed E-state index contributed by atoms with van der Waals surface area (Å²) < 4.78 is 32.1. The highest BCUT2D eigenvalue weighted by atomic mass is 32.2. The predicted molar refractivity (Wildman–Crippen MR) is 111 cm³/mol. The molecule has 1 aromatic carbocycles. The molecule has 0 saturated carbocycles. The zero-order valence-corrected chi connectivity index (χ0v) is 17.5. The second-order valence-corrected chi connectivity index (χ2v) is 9.65. The van der Waals surface area contributed by atoms with Gasteiger partial charge < -0.3 is 9.42 Å². The van der Waals surface area contributed by atoms with Gasteiger partial charge in [0.2, 0.25) is 21.7 Å². The van der Waals surface area contributed by atoms with E-state index in [2.05, 4.69) is 15.1 Å². The summed E-state index contributed by atoms with van der Waals surface area (Å²) in [6.45, 7) is 2.04. The molecule has 0 aliphatic carbocycles. The molecule has 4 heterocycles. The van der Waals surface area contributed by atoms with E-state index in [1.54, 1.807) is 29.3 Å². The summed E-state index contributed by atoms with van der Waals surface area (Å²) in [7, 11) is -3.48. The van der Waals surface area contributed by atoms with Crippen LogP contribution in [0.5, 0.6) is 0 Å². The van der Waals surface area contributed by atoms with Gasteiger partial charge in [0.25, 0.3) is 5.91 Å². The second kappa shape index (κ2) is 7.86. The highest BCUT2D eigenvalue weighted by Crippen LogP contribution is 2.29. The van der Waals surface area contributed by atoms with Crippen LogP contribution in [0.4, 0.5) is 0 Å². The number of pyridine rings is 1. The van der Waals surface area contributed by atoms with Crippen LogP contribution < -0.4 is 0 Å². The van der Waals surface area contributed by atoms with Gasteiger partial charge >= 0.3 is 0 Å². The van der Waals surface area contributed by atoms with Crippen LogP contribution in [0.2, 0.25) is 0 Å². The predicted octanol–water partition coefficient (Wildman–Crippen LogP) is 2.16. The fourth-order valence-electron chi connectivity index (χ4n) is 3.83. The molecule has 2 aliphatic rings. The van der Waals surface area contributed by atoms with Crippen LogP contribution in [0.25, 0.3) is 11.5 Å². The van der Waals surface area contributed by atoms with Gasteiger partial charge in [0.15, 0.2) is 0 Å². The van der Waals surface area contributed by atoms with Crippen LogP contribution in [-0.4, -0.2) is 64.8 Å². The molecule has 0 radical (unpaired) electrons. The topological polar surface area (TPSA) is 110 Å². The van der Waals surface area contributed by atoms with Crippen LogP contribution in [0.1, 0.15) is 35.0 Å². The average Bonchev–Trinajstić information content (AvgIpc) is 3.46. The minimum absolute atomic E-state index is 0.0243. The maximum Gasteiger partial charge on any atom is 0.253 e. The first kappa shape index (κ1) is 19.8. The Morgan fingerprint density at radius 2 is 1.77 bits per heavy atom. The highest BCUT2D eigenvalue weighted by Gasteiger charge is 2.36. The molecule has 0 atom stereocenters. The SMILES string of the molecule is O=C(c1ccc(S(=O)(=O)N2CCCC2)cc1)N1CC(c2nc(-c3ccccn3)no2)C1. The van der Waals surface area contributed by atoms with Crippen molar-refractivity contribution in [1.82, 2.24) is 24.3 Å². The number of amides is 1. The van der Waals surface area contributed by atoms with Crippen molar-refractivity contribution >= 4 is 15.9 Å². The van der Waals surface area contributed by atoms with E-state index in [9.17, 15) is 13.2 Å². The van der Waals surface area contributed by atoms with Crippen molar-refractivity contribution in [2.45, 2.75) is 23.7 Å². The van der Waals surface area contributed by atoms with E-state index in [0.717, 1.165) is 12.8 Å². The number of benzene rings is 1. The second-order valence-electron chi connectivity index (χ2n) is 7.71. The summed E-state index contributed by atoms with van der Waals surface area (Å²) in [5, 5.41) is 3.97. The average molecular weight is 439 g/mol. The molecule has 0 unspecified atom stereocenters. The third-order valence-corrected chi connectivity index (χ3v) is 7.57. The molecule has 0 bridgehead atoms. The van der Waals surface area contributed by atoms with Gasteiger partial charge in [-0.15, -0.1) is 0 Å². The summed E-state index contributed by atoms with van der Waals surface area (Å²) in [4.78, 5) is 23.2. The molecule has 5 rings (SSSR count). The van der Waals surface area contributed by atoms with Gasteiger partial charge in [0.1, 0.15) is 5.69 Å². The van der Waals surface area contributed by atoms with E-state index < -0.39 is 10.0 Å². The lowest BCUT2D eigenvalue weighted by molar-refractivity contribution is 0.0569. The Hall–Kier alpha value is -3.11. The number of likely N-dealkylation sites (tertiary alicyclic amines) is 1. The van der Waals surface area contributed by atoms with Gasteiger partial charge in [-0.25, -0.2) is 8.42 Å². The Labute approximate surface area is 179 Å². The third kappa shape index (κ3) is 3.72. The standard InChI is InChI=1S/C21H21N5O4S/c27-21(15-6-8-17(9-7-15)31(28,29)26-11-3-4-12-26)25-13-16(14-25)20-23-19(24-30-20)18-5-1-2-10-22-18/h1-2,5-10,16H,3-4,11-14H2. The number of hydrogen-bond acceptors (Lipinski definition) is 7. The minimum atomic E-state index is -3.48. The van der Waals surface area contributed by atoms with Gasteiger partial charge in [-0.05, 0) is 49.2 Å². The van der Waals surface area contributed by atoms with E-state index in [-0.39, 0.29) is 16.7 Å². The minimum Gasteiger partial charge on any atom is -0.338 e. The Kier molecular flexibility index (Phi) is 5.03. The third-order valence-electron chi connectivity index (χ3n) is 5.66. The first-order chi connectivity index (χ1) is 15.0. The van der Waals surface area contributed by atoms with E-state index >= 15 is 0 Å². The van der Waals surface area contributed by atoms with Gasteiger partial charge in [-0.2, -0.15) is 9.29 Å². The Morgan fingerprint density at radius 1 is 1.03 bits per heavy atom. The summed E-state index contributed by atoms with van der Waals surface area (Å²) >= 11 is 0. The van der Waals surface area contributed by atoms with Gasteiger partial charge in [0.05, 0.1) is 10.8 Å². The molecule has 0 N–H and O–H groups in total. The molecule has 10 heteroatoms. The fraction of sp³-hybridized carbons (Fsp3) is 0.333. The number of nitrogens with zero attached hydrogens (tertiary/aromatic N) is 5. The van der Waals surface area contributed by atoms with Crippen molar-refractivity contribution in [3.63, 3.8) is 0 Å². The van der Waals surface area contributed by atoms with Crippen molar-refractivity contribution < 1.29 is 17.7 Å². The smallest absolute Gasteiger partial charge is 0.253 e. The number of hydrogen-bond donors (Lipinski definition) is 0. The van der Waals surface area contributed by atoms with Crippen molar-refractivity contribution in [2.75, 3.05) is 26.2 Å². The van der Waals surface area contributed by atoms with Crippen molar-refractivity contribution in [3.05, 3.63) is 60.1 Å². The molecular formula is C21H21N5O4S. The number of sulfonamides is 1. The van der Waals surface area contributed by atoms with Crippen molar-refractivity contribution in [3.8, 4) is 11.5 Å². The number of carbonyl (C=O) groups excluding carboxylic acids is 1. The summed E-state index contributed by atoms with van der Waals surface area (Å²) in [6.07, 6.45) is 3.43. The summed E-state index contributed by atoms with van der Waals surface area (Å²) in [5.74, 6) is 0.737. The van der Waals surface area contributed by atoms with Gasteiger partial charge in [-0.3, -0.25) is 9.78 Å². The van der Waals surface area contributed by atoms with E-state index in [4.69, 9.17) is 4.52 Å². The highest BCUT2D eigenvalue weighted by molar-refractivity contribution is 7.89. The van der Waals surface area contributed by atoms with Crippen LogP contribution in [0.15, 0.2) is 58.1 Å². The van der Waals surface area contributed by atoms with Crippen LogP contribution in [0, 0.1) is 0 Å².